The van der Waals surface area contributed by atoms with Crippen molar-refractivity contribution in [2.45, 2.75) is 38.2 Å². The van der Waals surface area contributed by atoms with Crippen molar-refractivity contribution >= 4 is 0 Å². The van der Waals surface area contributed by atoms with E-state index in [0.29, 0.717) is 11.5 Å². The van der Waals surface area contributed by atoms with Crippen LogP contribution in [-0.4, -0.2) is 26.3 Å². The summed E-state index contributed by atoms with van der Waals surface area (Å²) in [6, 6.07) is 0. The summed E-state index contributed by atoms with van der Waals surface area (Å²) >= 11 is 0. The summed E-state index contributed by atoms with van der Waals surface area (Å²) in [5, 5.41) is 3.50. The zero-order valence-corrected chi connectivity index (χ0v) is 7.94. The van der Waals surface area contributed by atoms with Gasteiger partial charge in [0.25, 0.3) is 0 Å². The second-order valence-electron chi connectivity index (χ2n) is 4.26. The summed E-state index contributed by atoms with van der Waals surface area (Å²) in [6.07, 6.45) is 7.25. The van der Waals surface area contributed by atoms with Gasteiger partial charge in [-0.1, -0.05) is 6.42 Å². The molecule has 2 heteroatoms. The molecule has 1 saturated heterocycles. The molecule has 1 aliphatic heterocycles. The van der Waals surface area contributed by atoms with Crippen molar-refractivity contribution in [2.24, 2.45) is 5.41 Å². The molecule has 70 valence electrons. The second-order valence-corrected chi connectivity index (χ2v) is 4.26. The fourth-order valence-electron chi connectivity index (χ4n) is 2.95. The van der Waals surface area contributed by atoms with Gasteiger partial charge in [0, 0.05) is 19.1 Å². The highest BCUT2D eigenvalue weighted by molar-refractivity contribution is 4.96. The second kappa shape index (κ2) is 3.35. The van der Waals surface area contributed by atoms with Gasteiger partial charge < -0.3 is 10.1 Å². The van der Waals surface area contributed by atoms with E-state index in [9.17, 15) is 0 Å². The number of ether oxygens (including phenoxy) is 1. The van der Waals surface area contributed by atoms with Gasteiger partial charge in [-0.25, -0.2) is 0 Å². The monoisotopic (exact) mass is 169 g/mol. The zero-order chi connectivity index (χ0) is 8.44. The van der Waals surface area contributed by atoms with E-state index in [1.807, 2.05) is 7.11 Å². The summed E-state index contributed by atoms with van der Waals surface area (Å²) in [7, 11) is 1.87. The van der Waals surface area contributed by atoms with Crippen LogP contribution in [0, 0.1) is 5.41 Å². The van der Waals surface area contributed by atoms with Crippen LogP contribution in [0.3, 0.4) is 0 Å². The van der Waals surface area contributed by atoms with E-state index < -0.39 is 0 Å². The smallest absolute Gasteiger partial charge is 0.0639 e. The zero-order valence-electron chi connectivity index (χ0n) is 7.94. The summed E-state index contributed by atoms with van der Waals surface area (Å²) in [4.78, 5) is 0. The molecule has 0 bridgehead atoms. The van der Waals surface area contributed by atoms with E-state index in [1.54, 1.807) is 0 Å². The van der Waals surface area contributed by atoms with Crippen molar-refractivity contribution in [1.82, 2.24) is 5.32 Å². The molecular formula is C10H19NO. The molecule has 1 N–H and O–H groups in total. The van der Waals surface area contributed by atoms with Crippen molar-refractivity contribution in [3.05, 3.63) is 0 Å². The van der Waals surface area contributed by atoms with E-state index >= 15 is 0 Å². The predicted molar refractivity (Wildman–Crippen MR) is 49.2 cm³/mol. The first-order valence-corrected chi connectivity index (χ1v) is 5.11. The largest absolute Gasteiger partial charge is 0.381 e. The van der Waals surface area contributed by atoms with Gasteiger partial charge in [-0.2, -0.15) is 0 Å². The molecule has 2 rings (SSSR count). The minimum atomic E-state index is 0.507. The molecule has 0 aromatic rings. The Labute approximate surface area is 74.7 Å². The first-order valence-electron chi connectivity index (χ1n) is 5.11. The average molecular weight is 169 g/mol. The van der Waals surface area contributed by atoms with Gasteiger partial charge >= 0.3 is 0 Å². The lowest BCUT2D eigenvalue weighted by atomic mass is 9.77. The van der Waals surface area contributed by atoms with E-state index in [2.05, 4.69) is 5.32 Å². The molecule has 0 radical (unpaired) electrons. The van der Waals surface area contributed by atoms with E-state index in [1.165, 1.54) is 45.2 Å². The Morgan fingerprint density at radius 3 is 2.83 bits per heavy atom. The third kappa shape index (κ3) is 1.27. The fourth-order valence-corrected chi connectivity index (χ4v) is 2.95. The van der Waals surface area contributed by atoms with Crippen LogP contribution in [0.4, 0.5) is 0 Å². The normalized spacial score (nSPS) is 42.2. The fraction of sp³-hybridized carbons (Fsp3) is 1.00. The van der Waals surface area contributed by atoms with Gasteiger partial charge in [0.2, 0.25) is 0 Å². The van der Waals surface area contributed by atoms with Crippen LogP contribution in [0.25, 0.3) is 0 Å². The Hall–Kier alpha value is -0.0800. The topological polar surface area (TPSA) is 21.3 Å². The van der Waals surface area contributed by atoms with Crippen molar-refractivity contribution in [3.63, 3.8) is 0 Å². The maximum atomic E-state index is 5.56. The lowest BCUT2D eigenvalue weighted by Crippen LogP contribution is -2.45. The molecule has 0 amide bonds. The van der Waals surface area contributed by atoms with Gasteiger partial charge in [0.15, 0.2) is 0 Å². The van der Waals surface area contributed by atoms with E-state index in [-0.39, 0.29) is 0 Å². The summed E-state index contributed by atoms with van der Waals surface area (Å²) in [5.74, 6) is 0. The van der Waals surface area contributed by atoms with E-state index in [4.69, 9.17) is 4.74 Å². The maximum Gasteiger partial charge on any atom is 0.0639 e. The van der Waals surface area contributed by atoms with Gasteiger partial charge in [-0.15, -0.1) is 0 Å². The van der Waals surface area contributed by atoms with Gasteiger partial charge in [0.05, 0.1) is 6.10 Å². The Kier molecular flexibility index (Phi) is 2.37. The van der Waals surface area contributed by atoms with Gasteiger partial charge in [-0.05, 0) is 32.2 Å². The number of methoxy groups -OCH3 is 1. The van der Waals surface area contributed by atoms with Crippen molar-refractivity contribution in [2.75, 3.05) is 20.2 Å². The van der Waals surface area contributed by atoms with Crippen LogP contribution in [0.1, 0.15) is 32.1 Å². The number of hydrogen-bond donors (Lipinski definition) is 1. The molecule has 0 unspecified atom stereocenters. The van der Waals surface area contributed by atoms with E-state index in [0.717, 1.165) is 0 Å². The van der Waals surface area contributed by atoms with Crippen molar-refractivity contribution in [1.29, 1.82) is 0 Å². The van der Waals surface area contributed by atoms with Crippen LogP contribution in [-0.2, 0) is 4.74 Å². The first kappa shape index (κ1) is 8.52. The highest BCUT2D eigenvalue weighted by Crippen LogP contribution is 2.44. The van der Waals surface area contributed by atoms with Crippen LogP contribution in [0.5, 0.6) is 0 Å². The molecular weight excluding hydrogens is 150 g/mol. The number of nitrogens with one attached hydrogen (secondary N) is 1. The summed E-state index contributed by atoms with van der Waals surface area (Å²) < 4.78 is 5.56. The molecule has 2 nitrogen and oxygen atoms in total. The SMILES string of the molecule is CO[C@@H]1CCC[C@]12CCCNC2. The van der Waals surface area contributed by atoms with Crippen LogP contribution in [0.15, 0.2) is 0 Å². The Balaban J connectivity index is 2.05. The van der Waals surface area contributed by atoms with Crippen LogP contribution in [0.2, 0.25) is 0 Å². The molecule has 1 aliphatic carbocycles. The third-order valence-corrected chi connectivity index (χ3v) is 3.61. The first-order chi connectivity index (χ1) is 5.87. The quantitative estimate of drug-likeness (QED) is 0.643. The number of hydrogen-bond acceptors (Lipinski definition) is 2. The molecule has 1 heterocycles. The molecule has 1 spiro atoms. The van der Waals surface area contributed by atoms with Crippen molar-refractivity contribution in [3.8, 4) is 0 Å². The minimum absolute atomic E-state index is 0.507. The predicted octanol–water partition coefficient (Wildman–Crippen LogP) is 1.56. The minimum Gasteiger partial charge on any atom is -0.381 e. The molecule has 12 heavy (non-hydrogen) atoms. The van der Waals surface area contributed by atoms with Crippen LogP contribution >= 0.6 is 0 Å². The highest BCUT2D eigenvalue weighted by atomic mass is 16.5. The standard InChI is InChI=1S/C10H19NO/c1-12-9-4-2-5-10(9)6-3-7-11-8-10/h9,11H,2-8H2,1H3/t9-,10-/m1/s1. The Morgan fingerprint density at radius 2 is 2.17 bits per heavy atom. The Bertz CT molecular complexity index is 152. The average Bonchev–Trinajstić information content (AvgIpc) is 2.49. The molecule has 2 atom stereocenters. The van der Waals surface area contributed by atoms with Gasteiger partial charge in [0.1, 0.15) is 0 Å². The molecule has 0 aromatic carbocycles. The molecule has 0 aromatic heterocycles. The number of piperidine rings is 1. The maximum absolute atomic E-state index is 5.56. The Morgan fingerprint density at radius 1 is 1.33 bits per heavy atom. The summed E-state index contributed by atoms with van der Waals surface area (Å²) in [5.41, 5.74) is 0.507. The lowest BCUT2D eigenvalue weighted by Gasteiger charge is -2.38. The molecule has 2 fully saturated rings. The lowest BCUT2D eigenvalue weighted by molar-refractivity contribution is -0.00325. The molecule has 2 aliphatic rings. The van der Waals surface area contributed by atoms with Gasteiger partial charge in [-0.3, -0.25) is 0 Å². The summed E-state index contributed by atoms with van der Waals surface area (Å²) in [6.45, 7) is 2.39. The number of rotatable bonds is 1. The van der Waals surface area contributed by atoms with Crippen LogP contribution < -0.4 is 5.32 Å². The highest BCUT2D eigenvalue weighted by Gasteiger charge is 2.43. The molecule has 1 saturated carbocycles. The third-order valence-electron chi connectivity index (χ3n) is 3.61. The van der Waals surface area contributed by atoms with Crippen molar-refractivity contribution < 1.29 is 4.74 Å².